The zero-order chi connectivity index (χ0) is 9.35. The molecule has 1 aromatic heterocycles. The van der Waals surface area contributed by atoms with Crippen molar-refractivity contribution in [2.75, 3.05) is 7.05 Å². The van der Waals surface area contributed by atoms with E-state index < -0.39 is 6.30 Å². The van der Waals surface area contributed by atoms with Gasteiger partial charge in [0.05, 0.1) is 0 Å². The lowest BCUT2D eigenvalue weighted by atomic mass is 10.9. The molecule has 0 aliphatic carbocycles. The molecule has 1 aromatic rings. The van der Waals surface area contributed by atoms with Crippen molar-refractivity contribution >= 4 is 11.3 Å². The van der Waals surface area contributed by atoms with Crippen LogP contribution in [0.25, 0.3) is 0 Å². The molecule has 7 heteroatoms. The third kappa shape index (κ3) is 1.66. The molecule has 0 aliphatic heterocycles. The highest BCUT2D eigenvalue weighted by Gasteiger charge is 2.33. The third-order valence-corrected chi connectivity index (χ3v) is 2.01. The molecule has 0 spiro atoms. The van der Waals surface area contributed by atoms with Gasteiger partial charge in [-0.05, 0) is 6.92 Å². The number of rotatable bonds is 0. The van der Waals surface area contributed by atoms with E-state index in [9.17, 15) is 13.2 Å². The van der Waals surface area contributed by atoms with Gasteiger partial charge >= 0.3 is 6.30 Å². The van der Waals surface area contributed by atoms with E-state index in [1.807, 2.05) is 0 Å². The monoisotopic (exact) mass is 197 g/mol. The van der Waals surface area contributed by atoms with Gasteiger partial charge in [0.15, 0.2) is 0 Å². The maximum atomic E-state index is 12.1. The molecule has 1 rings (SSSR count). The van der Waals surface area contributed by atoms with Gasteiger partial charge in [-0.25, -0.2) is 0 Å². The molecule has 0 amide bonds. The lowest BCUT2D eigenvalue weighted by molar-refractivity contribution is -0.214. The number of aryl methyl sites for hydroxylation is 1. The molecular formula is C5H6F3N3S. The van der Waals surface area contributed by atoms with Crippen LogP contribution >= 0.6 is 11.3 Å². The van der Waals surface area contributed by atoms with E-state index in [1.54, 1.807) is 0 Å². The summed E-state index contributed by atoms with van der Waals surface area (Å²) >= 11 is 0.906. The Kier molecular flexibility index (Phi) is 2.22. The standard InChI is InChI=1S/C5H6F3N3S/c1-3-10-11(5(6,7)8)4(9-2)12-3/h1-2H3. The summed E-state index contributed by atoms with van der Waals surface area (Å²) in [4.78, 5) is 3.32. The Labute approximate surface area is 70.2 Å². The SMILES string of the molecule is CN=c1sc(C)nn1C(F)(F)F. The van der Waals surface area contributed by atoms with Gasteiger partial charge < -0.3 is 0 Å². The lowest BCUT2D eigenvalue weighted by Gasteiger charge is -2.03. The Morgan fingerprint density at radius 2 is 2.08 bits per heavy atom. The highest BCUT2D eigenvalue weighted by Crippen LogP contribution is 2.19. The maximum Gasteiger partial charge on any atom is 0.507 e. The fraction of sp³-hybridized carbons (Fsp3) is 0.600. The average Bonchev–Trinajstić information content (AvgIpc) is 2.29. The fourth-order valence-electron chi connectivity index (χ4n) is 0.685. The Balaban J connectivity index is 3.34. The number of halogens is 3. The highest BCUT2D eigenvalue weighted by atomic mass is 32.1. The first-order valence-corrected chi connectivity index (χ1v) is 3.83. The highest BCUT2D eigenvalue weighted by molar-refractivity contribution is 7.08. The Hall–Kier alpha value is -0.850. The molecule has 0 aliphatic rings. The first kappa shape index (κ1) is 9.24. The second-order valence-corrected chi connectivity index (χ2v) is 3.17. The molecule has 0 atom stereocenters. The predicted molar refractivity (Wildman–Crippen MR) is 37.6 cm³/mol. The fourth-order valence-corrected chi connectivity index (χ4v) is 1.39. The van der Waals surface area contributed by atoms with E-state index in [4.69, 9.17) is 0 Å². The Bertz CT molecular complexity index is 334. The minimum atomic E-state index is -4.47. The molecule has 0 saturated heterocycles. The quantitative estimate of drug-likeness (QED) is 0.615. The zero-order valence-corrected chi connectivity index (χ0v) is 7.20. The lowest BCUT2D eigenvalue weighted by Crippen LogP contribution is -2.28. The topological polar surface area (TPSA) is 30.2 Å². The first-order chi connectivity index (χ1) is 5.45. The second kappa shape index (κ2) is 2.89. The minimum Gasteiger partial charge on any atom is -0.261 e. The van der Waals surface area contributed by atoms with Crippen LogP contribution in [-0.2, 0) is 6.30 Å². The van der Waals surface area contributed by atoms with Crippen molar-refractivity contribution in [2.45, 2.75) is 13.2 Å². The van der Waals surface area contributed by atoms with Crippen LogP contribution < -0.4 is 4.80 Å². The van der Waals surface area contributed by atoms with Crippen LogP contribution in [-0.4, -0.2) is 16.8 Å². The molecule has 1 heterocycles. The number of alkyl halides is 3. The molecule has 0 N–H and O–H groups in total. The van der Waals surface area contributed by atoms with E-state index in [1.165, 1.54) is 14.0 Å². The summed E-state index contributed by atoms with van der Waals surface area (Å²) < 4.78 is 36.3. The van der Waals surface area contributed by atoms with Gasteiger partial charge in [0.25, 0.3) is 0 Å². The molecule has 0 fully saturated rings. The van der Waals surface area contributed by atoms with Crippen molar-refractivity contribution in [3.05, 3.63) is 9.81 Å². The van der Waals surface area contributed by atoms with E-state index in [0.717, 1.165) is 11.3 Å². The van der Waals surface area contributed by atoms with Crippen LogP contribution in [0.4, 0.5) is 13.2 Å². The van der Waals surface area contributed by atoms with Gasteiger partial charge in [-0.15, -0.1) is 17.9 Å². The second-order valence-electron chi connectivity index (χ2n) is 2.01. The van der Waals surface area contributed by atoms with Gasteiger partial charge in [-0.1, -0.05) is 11.3 Å². The van der Waals surface area contributed by atoms with Crippen molar-refractivity contribution in [1.82, 2.24) is 9.78 Å². The number of hydrogen-bond donors (Lipinski definition) is 0. The van der Waals surface area contributed by atoms with Crippen LogP contribution in [0.5, 0.6) is 0 Å². The third-order valence-electron chi connectivity index (χ3n) is 1.09. The Morgan fingerprint density at radius 1 is 1.50 bits per heavy atom. The number of hydrogen-bond acceptors (Lipinski definition) is 3. The maximum absolute atomic E-state index is 12.1. The molecular weight excluding hydrogens is 191 g/mol. The van der Waals surface area contributed by atoms with E-state index in [0.29, 0.717) is 5.01 Å². The van der Waals surface area contributed by atoms with Crippen LogP contribution in [0.3, 0.4) is 0 Å². The van der Waals surface area contributed by atoms with Gasteiger partial charge in [-0.3, -0.25) is 4.99 Å². The van der Waals surface area contributed by atoms with E-state index in [-0.39, 0.29) is 9.48 Å². The van der Waals surface area contributed by atoms with Gasteiger partial charge in [-0.2, -0.15) is 5.10 Å². The largest absolute Gasteiger partial charge is 0.507 e. The van der Waals surface area contributed by atoms with Crippen molar-refractivity contribution < 1.29 is 13.2 Å². The van der Waals surface area contributed by atoms with Crippen LogP contribution in [0.15, 0.2) is 4.99 Å². The van der Waals surface area contributed by atoms with Crippen LogP contribution in [0.1, 0.15) is 5.01 Å². The summed E-state index contributed by atoms with van der Waals surface area (Å²) in [6.07, 6.45) is -4.47. The smallest absolute Gasteiger partial charge is 0.261 e. The molecule has 0 bridgehead atoms. The van der Waals surface area contributed by atoms with E-state index in [2.05, 4.69) is 10.1 Å². The molecule has 0 unspecified atom stereocenters. The molecule has 12 heavy (non-hydrogen) atoms. The van der Waals surface area contributed by atoms with Crippen molar-refractivity contribution in [3.8, 4) is 0 Å². The molecule has 3 nitrogen and oxygen atoms in total. The van der Waals surface area contributed by atoms with Crippen molar-refractivity contribution in [3.63, 3.8) is 0 Å². The molecule has 68 valence electrons. The van der Waals surface area contributed by atoms with Gasteiger partial charge in [0, 0.05) is 7.05 Å². The summed E-state index contributed by atoms with van der Waals surface area (Å²) in [6.45, 7) is 1.50. The number of nitrogens with zero attached hydrogens (tertiary/aromatic N) is 3. The van der Waals surface area contributed by atoms with E-state index >= 15 is 0 Å². The molecule has 0 aromatic carbocycles. The minimum absolute atomic E-state index is 0.0347. The van der Waals surface area contributed by atoms with Crippen molar-refractivity contribution in [1.29, 1.82) is 0 Å². The summed E-state index contributed by atoms with van der Waals surface area (Å²) in [5.74, 6) is 0. The Morgan fingerprint density at radius 3 is 2.42 bits per heavy atom. The van der Waals surface area contributed by atoms with Crippen LogP contribution in [0.2, 0.25) is 0 Å². The van der Waals surface area contributed by atoms with Crippen LogP contribution in [0, 0.1) is 6.92 Å². The van der Waals surface area contributed by atoms with Gasteiger partial charge in [0.2, 0.25) is 4.80 Å². The first-order valence-electron chi connectivity index (χ1n) is 3.02. The summed E-state index contributed by atoms with van der Waals surface area (Å²) in [5.41, 5.74) is 0. The summed E-state index contributed by atoms with van der Waals surface area (Å²) in [5, 5.41) is 3.61. The summed E-state index contributed by atoms with van der Waals surface area (Å²) in [6, 6.07) is 0. The van der Waals surface area contributed by atoms with Gasteiger partial charge in [0.1, 0.15) is 5.01 Å². The summed E-state index contributed by atoms with van der Waals surface area (Å²) in [7, 11) is 1.30. The zero-order valence-electron chi connectivity index (χ0n) is 6.38. The number of aromatic nitrogens is 2. The van der Waals surface area contributed by atoms with Crippen molar-refractivity contribution in [2.24, 2.45) is 4.99 Å². The average molecular weight is 197 g/mol. The predicted octanol–water partition coefficient (Wildman–Crippen LogP) is 1.26. The molecule has 0 radical (unpaired) electrons. The normalized spacial score (nSPS) is 13.9. The molecule has 0 saturated carbocycles.